The molecule has 0 aliphatic rings. The maximum absolute atomic E-state index is 12.2. The number of pyridine rings is 1. The van der Waals surface area contributed by atoms with Crippen molar-refractivity contribution in [1.29, 1.82) is 0 Å². The molecule has 0 fully saturated rings. The van der Waals surface area contributed by atoms with E-state index in [1.165, 1.54) is 11.3 Å². The molecule has 0 bridgehead atoms. The molecule has 0 saturated carbocycles. The zero-order chi connectivity index (χ0) is 16.8. The standard InChI is InChI=1S/C18H16N2O3S/c1-22-14-5-4-6-15(10-14)23-11-13-9-16(24-12-13)18(21)20-17-7-2-3-8-19-17/h2-10,12H,11H2,1H3,(H,19,20,21). The summed E-state index contributed by atoms with van der Waals surface area (Å²) in [7, 11) is 1.62. The van der Waals surface area contributed by atoms with E-state index in [9.17, 15) is 4.79 Å². The van der Waals surface area contributed by atoms with Gasteiger partial charge in [-0.25, -0.2) is 4.98 Å². The summed E-state index contributed by atoms with van der Waals surface area (Å²) in [6, 6.07) is 14.6. The fourth-order valence-corrected chi connectivity index (χ4v) is 2.83. The van der Waals surface area contributed by atoms with Crippen molar-refractivity contribution in [1.82, 2.24) is 4.98 Å². The van der Waals surface area contributed by atoms with E-state index in [1.54, 1.807) is 25.4 Å². The van der Waals surface area contributed by atoms with Gasteiger partial charge in [0.15, 0.2) is 0 Å². The maximum Gasteiger partial charge on any atom is 0.266 e. The number of rotatable bonds is 6. The highest BCUT2D eigenvalue weighted by Crippen LogP contribution is 2.22. The number of hydrogen-bond acceptors (Lipinski definition) is 5. The smallest absolute Gasteiger partial charge is 0.266 e. The van der Waals surface area contributed by atoms with Crippen LogP contribution in [0.4, 0.5) is 5.82 Å². The van der Waals surface area contributed by atoms with Gasteiger partial charge in [-0.15, -0.1) is 11.3 Å². The van der Waals surface area contributed by atoms with Gasteiger partial charge in [0.1, 0.15) is 23.9 Å². The van der Waals surface area contributed by atoms with Crippen LogP contribution < -0.4 is 14.8 Å². The van der Waals surface area contributed by atoms with Crippen LogP contribution in [-0.2, 0) is 6.61 Å². The number of thiophene rings is 1. The Morgan fingerprint density at radius 3 is 2.83 bits per heavy atom. The number of anilines is 1. The van der Waals surface area contributed by atoms with Gasteiger partial charge in [-0.1, -0.05) is 12.1 Å². The Labute approximate surface area is 143 Å². The van der Waals surface area contributed by atoms with E-state index in [0.29, 0.717) is 17.3 Å². The van der Waals surface area contributed by atoms with E-state index in [1.807, 2.05) is 41.8 Å². The molecular formula is C18H16N2O3S. The SMILES string of the molecule is COc1cccc(OCc2csc(C(=O)Nc3ccccn3)c2)c1. The molecule has 1 N–H and O–H groups in total. The molecule has 3 aromatic rings. The van der Waals surface area contributed by atoms with E-state index in [2.05, 4.69) is 10.3 Å². The molecular weight excluding hydrogens is 324 g/mol. The second kappa shape index (κ2) is 7.61. The molecule has 1 amide bonds. The summed E-state index contributed by atoms with van der Waals surface area (Å²) in [6.07, 6.45) is 1.64. The molecule has 0 saturated heterocycles. The lowest BCUT2D eigenvalue weighted by atomic mass is 10.3. The van der Waals surface area contributed by atoms with Gasteiger partial charge in [0.25, 0.3) is 5.91 Å². The molecule has 24 heavy (non-hydrogen) atoms. The van der Waals surface area contributed by atoms with Crippen LogP contribution in [0.5, 0.6) is 11.5 Å². The summed E-state index contributed by atoms with van der Waals surface area (Å²) in [6.45, 7) is 0.389. The van der Waals surface area contributed by atoms with Gasteiger partial charge in [-0.3, -0.25) is 4.79 Å². The summed E-state index contributed by atoms with van der Waals surface area (Å²) in [5.41, 5.74) is 0.939. The van der Waals surface area contributed by atoms with E-state index in [-0.39, 0.29) is 5.91 Å². The minimum atomic E-state index is -0.175. The van der Waals surface area contributed by atoms with E-state index in [4.69, 9.17) is 9.47 Å². The molecule has 122 valence electrons. The van der Waals surface area contributed by atoms with Gasteiger partial charge < -0.3 is 14.8 Å². The molecule has 5 nitrogen and oxygen atoms in total. The molecule has 2 heterocycles. The highest BCUT2D eigenvalue weighted by atomic mass is 32.1. The summed E-state index contributed by atoms with van der Waals surface area (Å²) >= 11 is 1.38. The first kappa shape index (κ1) is 16.0. The van der Waals surface area contributed by atoms with E-state index < -0.39 is 0 Å². The highest BCUT2D eigenvalue weighted by molar-refractivity contribution is 7.12. The second-order valence-electron chi connectivity index (χ2n) is 4.96. The van der Waals surface area contributed by atoms with Gasteiger partial charge >= 0.3 is 0 Å². The Kier molecular flexibility index (Phi) is 5.08. The summed E-state index contributed by atoms with van der Waals surface area (Å²) in [5.74, 6) is 1.82. The van der Waals surface area contributed by atoms with Crippen LogP contribution in [0.2, 0.25) is 0 Å². The van der Waals surface area contributed by atoms with Crippen LogP contribution in [0.15, 0.2) is 60.1 Å². The number of nitrogens with zero attached hydrogens (tertiary/aromatic N) is 1. The first-order valence-corrected chi connectivity index (χ1v) is 8.19. The van der Waals surface area contributed by atoms with Crippen molar-refractivity contribution >= 4 is 23.1 Å². The van der Waals surface area contributed by atoms with Gasteiger partial charge in [0.2, 0.25) is 0 Å². The van der Waals surface area contributed by atoms with Gasteiger partial charge in [-0.2, -0.15) is 0 Å². The van der Waals surface area contributed by atoms with Crippen LogP contribution in [0, 0.1) is 0 Å². The average Bonchev–Trinajstić information content (AvgIpc) is 3.10. The predicted octanol–water partition coefficient (Wildman–Crippen LogP) is 3.98. The van der Waals surface area contributed by atoms with Gasteiger partial charge in [0.05, 0.1) is 12.0 Å². The van der Waals surface area contributed by atoms with Crippen molar-refractivity contribution in [2.75, 3.05) is 12.4 Å². The number of methoxy groups -OCH3 is 1. The van der Waals surface area contributed by atoms with Crippen LogP contribution in [-0.4, -0.2) is 18.0 Å². The van der Waals surface area contributed by atoms with Crippen molar-refractivity contribution in [3.8, 4) is 11.5 Å². The number of nitrogens with one attached hydrogen (secondary N) is 1. The largest absolute Gasteiger partial charge is 0.497 e. The lowest BCUT2D eigenvalue weighted by molar-refractivity contribution is 0.103. The van der Waals surface area contributed by atoms with Crippen LogP contribution in [0.25, 0.3) is 0 Å². The normalized spacial score (nSPS) is 10.2. The van der Waals surface area contributed by atoms with Crippen molar-refractivity contribution in [3.63, 3.8) is 0 Å². The Balaban J connectivity index is 1.59. The molecule has 0 aliphatic carbocycles. The fourth-order valence-electron chi connectivity index (χ4n) is 2.04. The molecule has 2 aromatic heterocycles. The monoisotopic (exact) mass is 340 g/mol. The zero-order valence-electron chi connectivity index (χ0n) is 13.1. The Morgan fingerprint density at radius 1 is 1.17 bits per heavy atom. The summed E-state index contributed by atoms with van der Waals surface area (Å²) < 4.78 is 10.9. The highest BCUT2D eigenvalue weighted by Gasteiger charge is 2.10. The quantitative estimate of drug-likeness (QED) is 0.737. The first-order chi connectivity index (χ1) is 11.7. The van der Waals surface area contributed by atoms with Crippen molar-refractivity contribution in [2.45, 2.75) is 6.61 Å². The Morgan fingerprint density at radius 2 is 2.04 bits per heavy atom. The van der Waals surface area contributed by atoms with E-state index >= 15 is 0 Å². The van der Waals surface area contributed by atoms with Crippen LogP contribution in [0.3, 0.4) is 0 Å². The molecule has 0 radical (unpaired) electrons. The topological polar surface area (TPSA) is 60.5 Å². The predicted molar refractivity (Wildman–Crippen MR) is 93.8 cm³/mol. The molecule has 0 atom stereocenters. The number of carbonyl (C=O) groups is 1. The first-order valence-electron chi connectivity index (χ1n) is 7.31. The van der Waals surface area contributed by atoms with E-state index in [0.717, 1.165) is 17.1 Å². The number of amides is 1. The number of carbonyl (C=O) groups excluding carboxylic acids is 1. The second-order valence-corrected chi connectivity index (χ2v) is 5.87. The van der Waals surface area contributed by atoms with Crippen molar-refractivity contribution in [2.24, 2.45) is 0 Å². The summed E-state index contributed by atoms with van der Waals surface area (Å²) in [4.78, 5) is 16.9. The zero-order valence-corrected chi connectivity index (χ0v) is 13.9. The number of benzene rings is 1. The summed E-state index contributed by atoms with van der Waals surface area (Å²) in [5, 5.41) is 4.67. The Hall–Kier alpha value is -2.86. The average molecular weight is 340 g/mol. The molecule has 6 heteroatoms. The fraction of sp³-hybridized carbons (Fsp3) is 0.111. The lowest BCUT2D eigenvalue weighted by Gasteiger charge is -2.06. The van der Waals surface area contributed by atoms with Gasteiger partial charge in [0, 0.05) is 17.8 Å². The molecule has 0 unspecified atom stereocenters. The molecule has 0 spiro atoms. The number of aromatic nitrogens is 1. The van der Waals surface area contributed by atoms with Gasteiger partial charge in [-0.05, 0) is 35.7 Å². The third kappa shape index (κ3) is 4.11. The third-order valence-electron chi connectivity index (χ3n) is 3.23. The maximum atomic E-state index is 12.2. The van der Waals surface area contributed by atoms with Crippen molar-refractivity contribution < 1.29 is 14.3 Å². The van der Waals surface area contributed by atoms with Crippen molar-refractivity contribution in [3.05, 3.63) is 70.5 Å². The van der Waals surface area contributed by atoms with Crippen LogP contribution >= 0.6 is 11.3 Å². The lowest BCUT2D eigenvalue weighted by Crippen LogP contribution is -2.11. The third-order valence-corrected chi connectivity index (χ3v) is 4.21. The number of hydrogen-bond donors (Lipinski definition) is 1. The van der Waals surface area contributed by atoms with Crippen LogP contribution in [0.1, 0.15) is 15.2 Å². The molecule has 3 rings (SSSR count). The molecule has 1 aromatic carbocycles. The Bertz CT molecular complexity index is 818. The minimum absolute atomic E-state index is 0.175. The number of ether oxygens (including phenoxy) is 2. The minimum Gasteiger partial charge on any atom is -0.497 e. The molecule has 0 aliphatic heterocycles.